The topological polar surface area (TPSA) is 54.5 Å². The summed E-state index contributed by atoms with van der Waals surface area (Å²) in [6, 6.07) is 7.70. The second-order valence-corrected chi connectivity index (χ2v) is 10.4. The van der Waals surface area contributed by atoms with Gasteiger partial charge in [0.2, 0.25) is 5.91 Å². The van der Waals surface area contributed by atoms with Gasteiger partial charge < -0.3 is 10.1 Å². The number of aromatic nitrogens is 1. The Kier molecular flexibility index (Phi) is 8.55. The van der Waals surface area contributed by atoms with Crippen LogP contribution in [0.2, 0.25) is 5.02 Å². The van der Waals surface area contributed by atoms with E-state index >= 15 is 0 Å². The zero-order chi connectivity index (χ0) is 23.2. The van der Waals surface area contributed by atoms with Crippen LogP contribution in [0.4, 0.5) is 8.78 Å². The van der Waals surface area contributed by atoms with Gasteiger partial charge >= 0.3 is 0 Å². The molecule has 1 saturated carbocycles. The van der Waals surface area contributed by atoms with Crippen molar-refractivity contribution >= 4 is 28.8 Å². The maximum Gasteiger partial charge on any atom is 0.273 e. The highest BCUT2D eigenvalue weighted by atomic mass is 35.5. The fourth-order valence-electron chi connectivity index (χ4n) is 4.69. The van der Waals surface area contributed by atoms with Crippen molar-refractivity contribution in [3.05, 3.63) is 45.4 Å². The number of rotatable bonds is 9. The summed E-state index contributed by atoms with van der Waals surface area (Å²) in [5.41, 5.74) is 1.91. The molecule has 0 unspecified atom stereocenters. The SMILES string of the molecule is O=C(Cc1cccc(Cl)c1)NC1CCC(CCN2CCc3sc(OCC(F)F)nc3C2)CC1. The summed E-state index contributed by atoms with van der Waals surface area (Å²) in [4.78, 5) is 20.3. The van der Waals surface area contributed by atoms with E-state index < -0.39 is 13.0 Å². The van der Waals surface area contributed by atoms with E-state index in [2.05, 4.69) is 15.2 Å². The molecule has 1 aromatic carbocycles. The Morgan fingerprint density at radius 2 is 2.12 bits per heavy atom. The van der Waals surface area contributed by atoms with Gasteiger partial charge in [0.25, 0.3) is 11.6 Å². The first-order valence-electron chi connectivity index (χ1n) is 11.6. The Labute approximate surface area is 202 Å². The third-order valence-electron chi connectivity index (χ3n) is 6.44. The highest BCUT2D eigenvalue weighted by Gasteiger charge is 2.25. The maximum atomic E-state index is 12.4. The van der Waals surface area contributed by atoms with Gasteiger partial charge in [0.05, 0.1) is 12.1 Å². The molecule has 1 aliphatic heterocycles. The van der Waals surface area contributed by atoms with Crippen LogP contribution >= 0.6 is 22.9 Å². The molecule has 2 aliphatic rings. The smallest absolute Gasteiger partial charge is 0.273 e. The number of hydrogen-bond acceptors (Lipinski definition) is 5. The van der Waals surface area contributed by atoms with Gasteiger partial charge in [0.15, 0.2) is 6.61 Å². The zero-order valence-electron chi connectivity index (χ0n) is 18.6. The van der Waals surface area contributed by atoms with Gasteiger partial charge in [-0.25, -0.2) is 13.8 Å². The first-order chi connectivity index (χ1) is 15.9. The quantitative estimate of drug-likeness (QED) is 0.523. The van der Waals surface area contributed by atoms with E-state index in [-0.39, 0.29) is 11.9 Å². The minimum Gasteiger partial charge on any atom is -0.464 e. The molecule has 0 bridgehead atoms. The molecule has 1 aliphatic carbocycles. The number of fused-ring (bicyclic) bond motifs is 1. The first kappa shape index (κ1) is 24.4. The number of amides is 1. The summed E-state index contributed by atoms with van der Waals surface area (Å²) < 4.78 is 29.8. The van der Waals surface area contributed by atoms with Crippen molar-refractivity contribution in [2.45, 2.75) is 64.0 Å². The summed E-state index contributed by atoms with van der Waals surface area (Å²) in [5, 5.41) is 4.20. The number of nitrogens with one attached hydrogen (secondary N) is 1. The molecule has 180 valence electrons. The molecular formula is C24H30ClF2N3O2S. The van der Waals surface area contributed by atoms with E-state index in [4.69, 9.17) is 16.3 Å². The zero-order valence-corrected chi connectivity index (χ0v) is 20.1. The van der Waals surface area contributed by atoms with Crippen molar-refractivity contribution in [3.63, 3.8) is 0 Å². The fourth-order valence-corrected chi connectivity index (χ4v) is 5.82. The lowest BCUT2D eigenvalue weighted by Crippen LogP contribution is -2.39. The van der Waals surface area contributed by atoms with E-state index in [1.54, 1.807) is 0 Å². The number of hydrogen-bond donors (Lipinski definition) is 1. The molecule has 1 N–H and O–H groups in total. The van der Waals surface area contributed by atoms with Gasteiger partial charge in [-0.3, -0.25) is 9.69 Å². The molecule has 2 heterocycles. The van der Waals surface area contributed by atoms with Crippen LogP contribution in [0.25, 0.3) is 0 Å². The van der Waals surface area contributed by atoms with Crippen molar-refractivity contribution in [1.82, 2.24) is 15.2 Å². The average molecular weight is 498 g/mol. The van der Waals surface area contributed by atoms with Crippen molar-refractivity contribution in [3.8, 4) is 5.19 Å². The van der Waals surface area contributed by atoms with Crippen molar-refractivity contribution < 1.29 is 18.3 Å². The second-order valence-electron chi connectivity index (χ2n) is 8.96. The van der Waals surface area contributed by atoms with Gasteiger partial charge in [-0.15, -0.1) is 0 Å². The summed E-state index contributed by atoms with van der Waals surface area (Å²) in [7, 11) is 0. The third-order valence-corrected chi connectivity index (χ3v) is 7.74. The lowest BCUT2D eigenvalue weighted by Gasteiger charge is -2.32. The van der Waals surface area contributed by atoms with Gasteiger partial charge in [0.1, 0.15) is 0 Å². The molecule has 0 atom stereocenters. The van der Waals surface area contributed by atoms with E-state index in [9.17, 15) is 13.6 Å². The Morgan fingerprint density at radius 3 is 2.88 bits per heavy atom. The first-order valence-corrected chi connectivity index (χ1v) is 12.8. The molecule has 0 radical (unpaired) electrons. The third kappa shape index (κ3) is 7.36. The minimum absolute atomic E-state index is 0.0602. The van der Waals surface area contributed by atoms with Gasteiger partial charge in [-0.2, -0.15) is 0 Å². The molecule has 0 spiro atoms. The van der Waals surface area contributed by atoms with Crippen molar-refractivity contribution in [2.24, 2.45) is 5.92 Å². The molecule has 4 rings (SSSR count). The Morgan fingerprint density at radius 1 is 1.30 bits per heavy atom. The van der Waals surface area contributed by atoms with Crippen molar-refractivity contribution in [1.29, 1.82) is 0 Å². The maximum absolute atomic E-state index is 12.4. The van der Waals surface area contributed by atoms with Crippen LogP contribution < -0.4 is 10.1 Å². The summed E-state index contributed by atoms with van der Waals surface area (Å²) in [6.45, 7) is 2.15. The van der Waals surface area contributed by atoms with Crippen LogP contribution in [0.5, 0.6) is 5.19 Å². The van der Waals surface area contributed by atoms with E-state index in [0.29, 0.717) is 22.6 Å². The number of halogens is 3. The van der Waals surface area contributed by atoms with Gasteiger partial charge in [0, 0.05) is 29.0 Å². The van der Waals surface area contributed by atoms with E-state index in [1.165, 1.54) is 11.3 Å². The minimum atomic E-state index is -2.48. The second kappa shape index (κ2) is 11.6. The molecule has 1 amide bonds. The summed E-state index contributed by atoms with van der Waals surface area (Å²) in [5.74, 6) is 0.734. The largest absolute Gasteiger partial charge is 0.464 e. The molecule has 33 heavy (non-hydrogen) atoms. The number of carbonyl (C=O) groups excluding carboxylic acids is 1. The normalized spacial score (nSPS) is 21.1. The molecule has 2 aromatic rings. The Bertz CT molecular complexity index is 934. The van der Waals surface area contributed by atoms with Crippen LogP contribution in [0.1, 0.15) is 48.2 Å². The van der Waals surface area contributed by atoms with Crippen molar-refractivity contribution in [2.75, 3.05) is 19.7 Å². The molecular weight excluding hydrogens is 468 g/mol. The van der Waals surface area contributed by atoms with Gasteiger partial charge in [-0.1, -0.05) is 35.1 Å². The Balaban J connectivity index is 1.15. The highest BCUT2D eigenvalue weighted by Crippen LogP contribution is 2.31. The van der Waals surface area contributed by atoms with E-state index in [0.717, 1.165) is 74.3 Å². The van der Waals surface area contributed by atoms with Crippen LogP contribution in [0, 0.1) is 5.92 Å². The van der Waals surface area contributed by atoms with E-state index in [1.807, 2.05) is 24.3 Å². The summed E-state index contributed by atoms with van der Waals surface area (Å²) >= 11 is 7.40. The Hall–Kier alpha value is -1.77. The average Bonchev–Trinajstić information content (AvgIpc) is 3.19. The molecule has 1 aromatic heterocycles. The number of benzene rings is 1. The molecule has 9 heteroatoms. The molecule has 0 saturated heterocycles. The standard InChI is InChI=1S/C24H30ClF2N3O2S/c25-18-3-1-2-17(12-18)13-23(31)28-19-6-4-16(5-7-19)8-10-30-11-9-21-20(14-30)29-24(33-21)32-15-22(26)27/h1-3,12,16,19,22H,4-11,13-15H2,(H,28,31). The fraction of sp³-hybridized carbons (Fsp3) is 0.583. The molecule has 5 nitrogen and oxygen atoms in total. The van der Waals surface area contributed by atoms with Crippen LogP contribution in [-0.2, 0) is 24.2 Å². The predicted molar refractivity (Wildman–Crippen MR) is 126 cm³/mol. The molecule has 1 fully saturated rings. The highest BCUT2D eigenvalue weighted by molar-refractivity contribution is 7.13. The number of ether oxygens (including phenoxy) is 1. The van der Waals surface area contributed by atoms with Crippen LogP contribution in [-0.4, -0.2) is 48.0 Å². The lowest BCUT2D eigenvalue weighted by atomic mass is 9.84. The van der Waals surface area contributed by atoms with Crippen LogP contribution in [0.3, 0.4) is 0 Å². The summed E-state index contributed by atoms with van der Waals surface area (Å²) in [6.07, 6.45) is 4.22. The number of thiazole rings is 1. The number of nitrogens with zero attached hydrogens (tertiary/aromatic N) is 2. The van der Waals surface area contributed by atoms with Gasteiger partial charge in [-0.05, 0) is 68.7 Å². The monoisotopic (exact) mass is 497 g/mol. The lowest BCUT2D eigenvalue weighted by molar-refractivity contribution is -0.121. The van der Waals surface area contributed by atoms with Crippen LogP contribution in [0.15, 0.2) is 24.3 Å². The number of carbonyl (C=O) groups is 1. The number of alkyl halides is 2. The predicted octanol–water partition coefficient (Wildman–Crippen LogP) is 5.11.